The third-order valence-corrected chi connectivity index (χ3v) is 2.75. The summed E-state index contributed by atoms with van der Waals surface area (Å²) in [7, 11) is 1.65. The van der Waals surface area contributed by atoms with Crippen LogP contribution in [0.1, 0.15) is 31.7 Å². The van der Waals surface area contributed by atoms with Crippen LogP contribution in [0.5, 0.6) is 11.5 Å². The van der Waals surface area contributed by atoms with Crippen LogP contribution in [-0.2, 0) is 6.54 Å². The molecule has 0 fully saturated rings. The summed E-state index contributed by atoms with van der Waals surface area (Å²) >= 11 is 0. The van der Waals surface area contributed by atoms with Crippen LogP contribution in [0.2, 0.25) is 0 Å². The lowest BCUT2D eigenvalue weighted by atomic mass is 10.2. The molecule has 0 heterocycles. The van der Waals surface area contributed by atoms with Crippen LogP contribution in [0.3, 0.4) is 0 Å². The number of nitrogens with zero attached hydrogens (tertiary/aromatic N) is 1. The van der Waals surface area contributed by atoms with Crippen molar-refractivity contribution in [1.82, 2.24) is 5.32 Å². The minimum Gasteiger partial charge on any atom is -0.493 e. The Balaban J connectivity index is 2.51. The van der Waals surface area contributed by atoms with Crippen molar-refractivity contribution in [2.45, 2.75) is 32.7 Å². The number of benzene rings is 1. The van der Waals surface area contributed by atoms with Crippen molar-refractivity contribution >= 4 is 0 Å². The van der Waals surface area contributed by atoms with Gasteiger partial charge in [-0.25, -0.2) is 0 Å². The van der Waals surface area contributed by atoms with E-state index < -0.39 is 0 Å². The van der Waals surface area contributed by atoms with Gasteiger partial charge < -0.3 is 14.8 Å². The van der Waals surface area contributed by atoms with Crippen molar-refractivity contribution in [3.05, 3.63) is 23.8 Å². The number of unbranched alkanes of at least 4 members (excludes halogenated alkanes) is 2. The predicted molar refractivity (Wildman–Crippen MR) is 75.3 cm³/mol. The Morgan fingerprint density at radius 2 is 2.11 bits per heavy atom. The molecule has 0 unspecified atom stereocenters. The van der Waals surface area contributed by atoms with Crippen LogP contribution < -0.4 is 14.8 Å². The van der Waals surface area contributed by atoms with Gasteiger partial charge in [-0.1, -0.05) is 13.0 Å². The molecule has 1 N–H and O–H groups in total. The first kappa shape index (κ1) is 15.3. The molecule has 0 aliphatic rings. The van der Waals surface area contributed by atoms with E-state index in [1.54, 1.807) is 7.11 Å². The topological polar surface area (TPSA) is 54.3 Å². The molecule has 0 aliphatic carbocycles. The minimum absolute atomic E-state index is 0.585. The third-order valence-electron chi connectivity index (χ3n) is 2.75. The summed E-state index contributed by atoms with van der Waals surface area (Å²) in [4.78, 5) is 0. The van der Waals surface area contributed by atoms with Gasteiger partial charge in [-0.3, -0.25) is 0 Å². The summed E-state index contributed by atoms with van der Waals surface area (Å²) in [6.45, 7) is 4.47. The van der Waals surface area contributed by atoms with E-state index in [1.165, 1.54) is 5.56 Å². The van der Waals surface area contributed by atoms with Crippen molar-refractivity contribution in [2.24, 2.45) is 0 Å². The fraction of sp³-hybridized carbons (Fsp3) is 0.533. The van der Waals surface area contributed by atoms with E-state index in [4.69, 9.17) is 14.7 Å². The van der Waals surface area contributed by atoms with Gasteiger partial charge in [-0.2, -0.15) is 5.26 Å². The highest BCUT2D eigenvalue weighted by atomic mass is 16.5. The number of nitriles is 1. The summed E-state index contributed by atoms with van der Waals surface area (Å²) in [5.41, 5.74) is 1.18. The van der Waals surface area contributed by atoms with E-state index >= 15 is 0 Å². The summed E-state index contributed by atoms with van der Waals surface area (Å²) in [5, 5.41) is 11.7. The molecule has 0 aromatic heterocycles. The molecule has 0 atom stereocenters. The molecular formula is C15H22N2O2. The van der Waals surface area contributed by atoms with Gasteiger partial charge in [-0.15, -0.1) is 0 Å². The van der Waals surface area contributed by atoms with E-state index in [0.29, 0.717) is 13.0 Å². The molecule has 0 saturated carbocycles. The molecule has 4 nitrogen and oxygen atoms in total. The second-order valence-corrected chi connectivity index (χ2v) is 4.23. The zero-order valence-corrected chi connectivity index (χ0v) is 11.7. The zero-order valence-electron chi connectivity index (χ0n) is 11.7. The first-order valence-corrected chi connectivity index (χ1v) is 6.69. The summed E-state index contributed by atoms with van der Waals surface area (Å²) in [5.74, 6) is 1.52. The SMILES string of the molecule is CCNCc1ccc(OCCCCC#N)c(OC)c1. The molecule has 0 spiro atoms. The second-order valence-electron chi connectivity index (χ2n) is 4.23. The van der Waals surface area contributed by atoms with Crippen LogP contribution in [0.4, 0.5) is 0 Å². The maximum atomic E-state index is 8.45. The average molecular weight is 262 g/mol. The Bertz CT molecular complexity index is 413. The average Bonchev–Trinajstić information content (AvgIpc) is 2.45. The molecule has 0 amide bonds. The highest BCUT2D eigenvalue weighted by Crippen LogP contribution is 2.28. The molecule has 1 aromatic rings. The summed E-state index contributed by atoms with van der Waals surface area (Å²) in [6, 6.07) is 8.10. The third kappa shape index (κ3) is 5.62. The zero-order chi connectivity index (χ0) is 13.9. The van der Waals surface area contributed by atoms with Gasteiger partial charge >= 0.3 is 0 Å². The summed E-state index contributed by atoms with van der Waals surface area (Å²) in [6.07, 6.45) is 2.34. The Morgan fingerprint density at radius 3 is 2.79 bits per heavy atom. The van der Waals surface area contributed by atoms with Gasteiger partial charge in [0.25, 0.3) is 0 Å². The highest BCUT2D eigenvalue weighted by molar-refractivity contribution is 5.42. The number of hydrogen-bond donors (Lipinski definition) is 1. The van der Waals surface area contributed by atoms with E-state index in [-0.39, 0.29) is 0 Å². The number of hydrogen-bond acceptors (Lipinski definition) is 4. The quantitative estimate of drug-likeness (QED) is 0.695. The van der Waals surface area contributed by atoms with E-state index in [9.17, 15) is 0 Å². The maximum Gasteiger partial charge on any atom is 0.161 e. The van der Waals surface area contributed by atoms with Gasteiger partial charge in [0.15, 0.2) is 11.5 Å². The fourth-order valence-electron chi connectivity index (χ4n) is 1.70. The molecule has 1 rings (SSSR count). The normalized spacial score (nSPS) is 9.95. The van der Waals surface area contributed by atoms with E-state index in [1.807, 2.05) is 18.2 Å². The Hall–Kier alpha value is -1.73. The molecular weight excluding hydrogens is 240 g/mol. The number of nitrogens with one attached hydrogen (secondary N) is 1. The molecule has 0 aliphatic heterocycles. The lowest BCUT2D eigenvalue weighted by Crippen LogP contribution is -2.11. The van der Waals surface area contributed by atoms with Crippen molar-refractivity contribution in [2.75, 3.05) is 20.3 Å². The molecule has 0 bridgehead atoms. The van der Waals surface area contributed by atoms with Crippen LogP contribution in [-0.4, -0.2) is 20.3 Å². The van der Waals surface area contributed by atoms with Gasteiger partial charge in [-0.05, 0) is 37.1 Å². The van der Waals surface area contributed by atoms with Crippen molar-refractivity contribution < 1.29 is 9.47 Å². The maximum absolute atomic E-state index is 8.45. The van der Waals surface area contributed by atoms with Crippen LogP contribution in [0.15, 0.2) is 18.2 Å². The second kappa shape index (κ2) is 9.23. The van der Waals surface area contributed by atoms with Crippen LogP contribution >= 0.6 is 0 Å². The Morgan fingerprint density at radius 1 is 1.26 bits per heavy atom. The van der Waals surface area contributed by atoms with Crippen molar-refractivity contribution in [1.29, 1.82) is 5.26 Å². The van der Waals surface area contributed by atoms with E-state index in [2.05, 4.69) is 18.3 Å². The molecule has 0 saturated heterocycles. The molecule has 19 heavy (non-hydrogen) atoms. The fourth-order valence-corrected chi connectivity index (χ4v) is 1.70. The molecule has 0 radical (unpaired) electrons. The highest BCUT2D eigenvalue weighted by Gasteiger charge is 2.05. The monoisotopic (exact) mass is 262 g/mol. The number of rotatable bonds is 9. The molecule has 4 heteroatoms. The lowest BCUT2D eigenvalue weighted by Gasteiger charge is -2.12. The number of methoxy groups -OCH3 is 1. The largest absolute Gasteiger partial charge is 0.493 e. The van der Waals surface area contributed by atoms with Gasteiger partial charge in [0, 0.05) is 13.0 Å². The summed E-state index contributed by atoms with van der Waals surface area (Å²) < 4.78 is 11.0. The lowest BCUT2D eigenvalue weighted by molar-refractivity contribution is 0.286. The van der Waals surface area contributed by atoms with Crippen LogP contribution in [0, 0.1) is 11.3 Å². The van der Waals surface area contributed by atoms with Crippen molar-refractivity contribution in [3.63, 3.8) is 0 Å². The first-order valence-electron chi connectivity index (χ1n) is 6.69. The van der Waals surface area contributed by atoms with E-state index in [0.717, 1.165) is 37.4 Å². The van der Waals surface area contributed by atoms with Gasteiger partial charge in [0.2, 0.25) is 0 Å². The standard InChI is InChI=1S/C15H22N2O2/c1-3-17-12-13-7-8-14(15(11-13)18-2)19-10-6-4-5-9-16/h7-8,11,17H,3-6,10,12H2,1-2H3. The number of ether oxygens (including phenoxy) is 2. The van der Waals surface area contributed by atoms with Crippen LogP contribution in [0.25, 0.3) is 0 Å². The van der Waals surface area contributed by atoms with Gasteiger partial charge in [0.05, 0.1) is 19.8 Å². The first-order chi connectivity index (χ1) is 9.31. The Labute approximate surface area is 115 Å². The minimum atomic E-state index is 0.585. The smallest absolute Gasteiger partial charge is 0.161 e. The molecule has 104 valence electrons. The molecule has 1 aromatic carbocycles. The Kier molecular flexibility index (Phi) is 7.45. The van der Waals surface area contributed by atoms with Crippen molar-refractivity contribution in [3.8, 4) is 17.6 Å². The predicted octanol–water partition coefficient (Wildman–Crippen LogP) is 2.88. The van der Waals surface area contributed by atoms with Gasteiger partial charge in [0.1, 0.15) is 0 Å².